The highest BCUT2D eigenvalue weighted by molar-refractivity contribution is 7.15. The van der Waals surface area contributed by atoms with Gasteiger partial charge in [-0.05, 0) is 31.2 Å². The quantitative estimate of drug-likeness (QED) is 0.605. The van der Waals surface area contributed by atoms with Crippen molar-refractivity contribution in [3.05, 3.63) is 51.7 Å². The fraction of sp³-hybridized carbons (Fsp3) is 0.188. The van der Waals surface area contributed by atoms with Crippen LogP contribution in [0, 0.1) is 0 Å². The third kappa shape index (κ3) is 3.79. The van der Waals surface area contributed by atoms with Crippen molar-refractivity contribution in [3.63, 3.8) is 0 Å². The molecule has 1 heterocycles. The molecule has 0 saturated carbocycles. The van der Waals surface area contributed by atoms with Gasteiger partial charge in [0.15, 0.2) is 18.2 Å². The predicted octanol–water partition coefficient (Wildman–Crippen LogP) is 3.00. The van der Waals surface area contributed by atoms with Gasteiger partial charge in [-0.3, -0.25) is 9.59 Å². The molecule has 5 nitrogen and oxygen atoms in total. The number of ether oxygens (including phenoxy) is 2. The first-order valence-electron chi connectivity index (χ1n) is 6.46. The van der Waals surface area contributed by atoms with E-state index >= 15 is 0 Å². The number of thiophene rings is 1. The van der Waals surface area contributed by atoms with Crippen LogP contribution in [-0.2, 0) is 4.74 Å². The SMILES string of the molecule is COc1cccc(C(=O)COC(=O)c2ccc(C(C)=O)s2)c1. The molecule has 0 saturated heterocycles. The number of ketones is 2. The van der Waals surface area contributed by atoms with E-state index in [0.29, 0.717) is 21.1 Å². The highest BCUT2D eigenvalue weighted by Crippen LogP contribution is 2.18. The molecule has 6 heteroatoms. The van der Waals surface area contributed by atoms with E-state index in [1.807, 2.05) is 0 Å². The van der Waals surface area contributed by atoms with Crippen LogP contribution in [0.1, 0.15) is 36.6 Å². The van der Waals surface area contributed by atoms with Crippen LogP contribution in [0.4, 0.5) is 0 Å². The lowest BCUT2D eigenvalue weighted by atomic mass is 10.1. The Hall–Kier alpha value is -2.47. The number of hydrogen-bond acceptors (Lipinski definition) is 6. The first-order chi connectivity index (χ1) is 10.5. The molecule has 0 N–H and O–H groups in total. The molecule has 0 fully saturated rings. The van der Waals surface area contributed by atoms with E-state index in [-0.39, 0.29) is 18.2 Å². The molecule has 0 aliphatic heterocycles. The molecule has 0 amide bonds. The highest BCUT2D eigenvalue weighted by atomic mass is 32.1. The average Bonchev–Trinajstić information content (AvgIpc) is 3.02. The second-order valence-electron chi connectivity index (χ2n) is 4.45. The van der Waals surface area contributed by atoms with E-state index in [4.69, 9.17) is 9.47 Å². The maximum absolute atomic E-state index is 12.0. The van der Waals surface area contributed by atoms with Crippen molar-refractivity contribution in [3.8, 4) is 5.75 Å². The molecule has 0 radical (unpaired) electrons. The second-order valence-corrected chi connectivity index (χ2v) is 5.54. The van der Waals surface area contributed by atoms with Crippen molar-refractivity contribution in [2.45, 2.75) is 6.92 Å². The minimum Gasteiger partial charge on any atom is -0.497 e. The molecule has 114 valence electrons. The van der Waals surface area contributed by atoms with Crippen molar-refractivity contribution in [2.24, 2.45) is 0 Å². The summed E-state index contributed by atoms with van der Waals surface area (Å²) in [6, 6.07) is 9.68. The van der Waals surface area contributed by atoms with Crippen LogP contribution in [-0.4, -0.2) is 31.3 Å². The first-order valence-corrected chi connectivity index (χ1v) is 7.28. The third-order valence-electron chi connectivity index (χ3n) is 2.88. The number of methoxy groups -OCH3 is 1. The Morgan fingerprint density at radius 2 is 1.82 bits per heavy atom. The van der Waals surface area contributed by atoms with Crippen molar-refractivity contribution < 1.29 is 23.9 Å². The van der Waals surface area contributed by atoms with Gasteiger partial charge in [0.05, 0.1) is 12.0 Å². The highest BCUT2D eigenvalue weighted by Gasteiger charge is 2.15. The smallest absolute Gasteiger partial charge is 0.348 e. The number of Topliss-reactive ketones (excluding diaryl/α,β-unsaturated/α-hetero) is 2. The molecular weight excluding hydrogens is 304 g/mol. The van der Waals surface area contributed by atoms with Gasteiger partial charge in [0.2, 0.25) is 0 Å². The van der Waals surface area contributed by atoms with E-state index < -0.39 is 5.97 Å². The van der Waals surface area contributed by atoms with E-state index in [9.17, 15) is 14.4 Å². The lowest BCUT2D eigenvalue weighted by Gasteiger charge is -2.05. The summed E-state index contributed by atoms with van der Waals surface area (Å²) in [4.78, 5) is 35.8. The molecule has 1 aromatic carbocycles. The Balaban J connectivity index is 1.97. The summed E-state index contributed by atoms with van der Waals surface area (Å²) in [6.07, 6.45) is 0. The van der Waals surface area contributed by atoms with Crippen LogP contribution in [0.15, 0.2) is 36.4 Å². The van der Waals surface area contributed by atoms with E-state index in [1.165, 1.54) is 20.1 Å². The van der Waals surface area contributed by atoms with Crippen molar-refractivity contribution in [1.82, 2.24) is 0 Å². The van der Waals surface area contributed by atoms with Crippen LogP contribution in [0.3, 0.4) is 0 Å². The summed E-state index contributed by atoms with van der Waals surface area (Å²) in [5, 5.41) is 0. The van der Waals surface area contributed by atoms with Crippen molar-refractivity contribution in [2.75, 3.05) is 13.7 Å². The van der Waals surface area contributed by atoms with E-state index in [2.05, 4.69) is 0 Å². The summed E-state index contributed by atoms with van der Waals surface area (Å²) in [5.74, 6) is -0.498. The standard InChI is InChI=1S/C16H14O5S/c1-10(17)14-6-7-15(22-14)16(19)21-9-13(18)11-4-3-5-12(8-11)20-2/h3-8H,9H2,1-2H3. The van der Waals surface area contributed by atoms with Crippen LogP contribution < -0.4 is 4.74 Å². The van der Waals surface area contributed by atoms with Crippen LogP contribution in [0.25, 0.3) is 0 Å². The number of hydrogen-bond donors (Lipinski definition) is 0. The molecule has 0 aliphatic rings. The van der Waals surface area contributed by atoms with Gasteiger partial charge in [-0.2, -0.15) is 0 Å². The minimum absolute atomic E-state index is 0.114. The largest absolute Gasteiger partial charge is 0.497 e. The number of esters is 1. The fourth-order valence-electron chi connectivity index (χ4n) is 1.72. The molecule has 1 aromatic heterocycles. The molecule has 2 rings (SSSR count). The van der Waals surface area contributed by atoms with Gasteiger partial charge in [0.1, 0.15) is 10.6 Å². The van der Waals surface area contributed by atoms with Crippen LogP contribution >= 0.6 is 11.3 Å². The number of benzene rings is 1. The molecule has 22 heavy (non-hydrogen) atoms. The Labute approximate surface area is 131 Å². The Kier molecular flexibility index (Phi) is 5.06. The maximum atomic E-state index is 12.0. The summed E-state index contributed by atoms with van der Waals surface area (Å²) in [7, 11) is 1.51. The Morgan fingerprint density at radius 1 is 1.09 bits per heavy atom. The van der Waals surface area contributed by atoms with E-state index in [0.717, 1.165) is 11.3 Å². The Bertz CT molecular complexity index is 717. The van der Waals surface area contributed by atoms with Crippen LogP contribution in [0.2, 0.25) is 0 Å². The molecule has 0 atom stereocenters. The minimum atomic E-state index is -0.617. The number of carbonyl (C=O) groups excluding carboxylic acids is 3. The lowest BCUT2D eigenvalue weighted by molar-refractivity contribution is 0.0479. The lowest BCUT2D eigenvalue weighted by Crippen LogP contribution is -2.13. The zero-order chi connectivity index (χ0) is 16.1. The number of carbonyl (C=O) groups is 3. The topological polar surface area (TPSA) is 69.7 Å². The van der Waals surface area contributed by atoms with Gasteiger partial charge in [-0.1, -0.05) is 12.1 Å². The Morgan fingerprint density at radius 3 is 2.45 bits per heavy atom. The maximum Gasteiger partial charge on any atom is 0.348 e. The van der Waals surface area contributed by atoms with Gasteiger partial charge in [0.25, 0.3) is 0 Å². The second kappa shape index (κ2) is 7.00. The van der Waals surface area contributed by atoms with Crippen LogP contribution in [0.5, 0.6) is 5.75 Å². The monoisotopic (exact) mass is 318 g/mol. The van der Waals surface area contributed by atoms with Gasteiger partial charge in [-0.25, -0.2) is 4.79 Å². The number of rotatable bonds is 6. The normalized spacial score (nSPS) is 10.1. The summed E-state index contributed by atoms with van der Waals surface area (Å²) in [5.41, 5.74) is 0.405. The zero-order valence-electron chi connectivity index (χ0n) is 12.1. The van der Waals surface area contributed by atoms with Gasteiger partial charge < -0.3 is 9.47 Å². The molecule has 0 unspecified atom stereocenters. The van der Waals surface area contributed by atoms with Crippen molar-refractivity contribution >= 4 is 28.9 Å². The summed E-state index contributed by atoms with van der Waals surface area (Å²) >= 11 is 1.05. The predicted molar refractivity (Wildman–Crippen MR) is 81.9 cm³/mol. The van der Waals surface area contributed by atoms with Gasteiger partial charge in [0, 0.05) is 5.56 Å². The average molecular weight is 318 g/mol. The summed E-state index contributed by atoms with van der Waals surface area (Å²) in [6.45, 7) is 1.06. The molecule has 2 aromatic rings. The van der Waals surface area contributed by atoms with Gasteiger partial charge >= 0.3 is 5.97 Å². The van der Waals surface area contributed by atoms with E-state index in [1.54, 1.807) is 30.3 Å². The zero-order valence-corrected chi connectivity index (χ0v) is 12.9. The summed E-state index contributed by atoms with van der Waals surface area (Å²) < 4.78 is 10.0. The molecular formula is C16H14O5S. The molecule has 0 bridgehead atoms. The van der Waals surface area contributed by atoms with Gasteiger partial charge in [-0.15, -0.1) is 11.3 Å². The molecule has 0 spiro atoms. The molecule has 0 aliphatic carbocycles. The fourth-order valence-corrected chi connectivity index (χ4v) is 2.51. The first kappa shape index (κ1) is 15.9. The van der Waals surface area contributed by atoms with Crippen molar-refractivity contribution in [1.29, 1.82) is 0 Å². The third-order valence-corrected chi connectivity index (χ3v) is 4.05.